The molecule has 2 aliphatic heterocycles. The molecule has 0 aliphatic carbocycles. The predicted molar refractivity (Wildman–Crippen MR) is 117 cm³/mol. The Kier molecular flexibility index (Phi) is 12.6. The molecule has 0 aromatic heterocycles. The second-order valence-electron chi connectivity index (χ2n) is 8.17. The molecule has 1 unspecified atom stereocenters. The molecule has 2 aliphatic rings. The Morgan fingerprint density at radius 3 is 2.75 bits per heavy atom. The molecule has 0 bridgehead atoms. The number of guanidine groups is 1. The van der Waals surface area contributed by atoms with Gasteiger partial charge in [-0.3, -0.25) is 9.89 Å². The van der Waals surface area contributed by atoms with E-state index in [-0.39, 0.29) is 0 Å². The van der Waals surface area contributed by atoms with Crippen LogP contribution < -0.4 is 10.6 Å². The van der Waals surface area contributed by atoms with Crippen molar-refractivity contribution in [1.82, 2.24) is 15.5 Å². The van der Waals surface area contributed by atoms with Gasteiger partial charge in [0.05, 0.1) is 6.54 Å². The first kappa shape index (κ1) is 23.4. The van der Waals surface area contributed by atoms with Gasteiger partial charge in [0.15, 0.2) is 5.96 Å². The molecule has 0 amide bonds. The lowest BCUT2D eigenvalue weighted by molar-refractivity contribution is 0.0203. The van der Waals surface area contributed by atoms with Crippen molar-refractivity contribution in [3.8, 4) is 0 Å². The average molecular weight is 397 g/mol. The van der Waals surface area contributed by atoms with Crippen molar-refractivity contribution in [3.63, 3.8) is 0 Å². The van der Waals surface area contributed by atoms with Crippen LogP contribution in [0.4, 0.5) is 0 Å². The first-order valence-electron chi connectivity index (χ1n) is 11.7. The molecule has 6 heteroatoms. The van der Waals surface area contributed by atoms with Gasteiger partial charge in [-0.2, -0.15) is 0 Å². The summed E-state index contributed by atoms with van der Waals surface area (Å²) in [5.41, 5.74) is 0. The van der Waals surface area contributed by atoms with Crippen molar-refractivity contribution in [2.75, 3.05) is 59.2 Å². The van der Waals surface area contributed by atoms with Crippen molar-refractivity contribution < 1.29 is 9.47 Å². The first-order valence-corrected chi connectivity index (χ1v) is 11.7. The van der Waals surface area contributed by atoms with Crippen LogP contribution in [0.2, 0.25) is 0 Å². The van der Waals surface area contributed by atoms with E-state index in [4.69, 9.17) is 14.5 Å². The second kappa shape index (κ2) is 15.1. The Morgan fingerprint density at radius 1 is 1.11 bits per heavy atom. The Bertz CT molecular complexity index is 413. The number of likely N-dealkylation sites (tertiary alicyclic amines) is 1. The van der Waals surface area contributed by atoms with Crippen LogP contribution in [-0.4, -0.2) is 76.1 Å². The van der Waals surface area contributed by atoms with Gasteiger partial charge in [0.2, 0.25) is 0 Å². The molecule has 6 nitrogen and oxygen atoms in total. The Hall–Kier alpha value is -0.850. The lowest BCUT2D eigenvalue weighted by Gasteiger charge is -2.35. The molecule has 2 rings (SSSR count). The molecular formula is C22H44N4O2. The van der Waals surface area contributed by atoms with Crippen LogP contribution >= 0.6 is 0 Å². The van der Waals surface area contributed by atoms with E-state index in [0.717, 1.165) is 71.3 Å². The number of hydrogen-bond donors (Lipinski definition) is 2. The molecule has 2 heterocycles. The number of rotatable bonds is 12. The van der Waals surface area contributed by atoms with Crippen molar-refractivity contribution in [2.45, 2.75) is 71.3 Å². The molecule has 2 fully saturated rings. The fourth-order valence-electron chi connectivity index (χ4n) is 4.00. The number of nitrogens with one attached hydrogen (secondary N) is 2. The molecule has 0 aromatic carbocycles. The van der Waals surface area contributed by atoms with Crippen LogP contribution in [0.15, 0.2) is 4.99 Å². The molecule has 0 aromatic rings. The largest absolute Gasteiger partial charge is 0.381 e. The summed E-state index contributed by atoms with van der Waals surface area (Å²) >= 11 is 0. The van der Waals surface area contributed by atoms with Gasteiger partial charge in [0, 0.05) is 45.6 Å². The molecule has 164 valence electrons. The summed E-state index contributed by atoms with van der Waals surface area (Å²) in [5.74, 6) is 1.64. The van der Waals surface area contributed by atoms with Gasteiger partial charge in [0.1, 0.15) is 0 Å². The van der Waals surface area contributed by atoms with Crippen LogP contribution in [0, 0.1) is 5.92 Å². The topological polar surface area (TPSA) is 58.1 Å². The lowest BCUT2D eigenvalue weighted by Crippen LogP contribution is -2.44. The molecule has 28 heavy (non-hydrogen) atoms. The van der Waals surface area contributed by atoms with Crippen molar-refractivity contribution >= 4 is 5.96 Å². The number of hydrogen-bond acceptors (Lipinski definition) is 4. The monoisotopic (exact) mass is 396 g/mol. The zero-order chi connectivity index (χ0) is 19.9. The third-order valence-electron chi connectivity index (χ3n) is 5.80. The van der Waals surface area contributed by atoms with E-state index in [1.165, 1.54) is 45.2 Å². The van der Waals surface area contributed by atoms with Crippen molar-refractivity contribution in [3.05, 3.63) is 0 Å². The smallest absolute Gasteiger partial charge is 0.191 e. The van der Waals surface area contributed by atoms with E-state index in [2.05, 4.69) is 29.4 Å². The zero-order valence-electron chi connectivity index (χ0n) is 18.4. The zero-order valence-corrected chi connectivity index (χ0v) is 18.4. The molecule has 0 radical (unpaired) electrons. The maximum Gasteiger partial charge on any atom is 0.191 e. The molecule has 0 spiro atoms. The highest BCUT2D eigenvalue weighted by Crippen LogP contribution is 2.18. The lowest BCUT2D eigenvalue weighted by atomic mass is 10.0. The van der Waals surface area contributed by atoms with E-state index < -0.39 is 0 Å². The number of aliphatic imine (C=N–C) groups is 1. The van der Waals surface area contributed by atoms with Crippen LogP contribution in [0.3, 0.4) is 0 Å². The molecule has 1 atom stereocenters. The predicted octanol–water partition coefficient (Wildman–Crippen LogP) is 3.03. The van der Waals surface area contributed by atoms with Crippen LogP contribution in [0.5, 0.6) is 0 Å². The van der Waals surface area contributed by atoms with E-state index in [9.17, 15) is 0 Å². The van der Waals surface area contributed by atoms with Crippen LogP contribution in [-0.2, 0) is 9.47 Å². The van der Waals surface area contributed by atoms with Gasteiger partial charge < -0.3 is 20.1 Å². The van der Waals surface area contributed by atoms with Gasteiger partial charge in [-0.05, 0) is 64.5 Å². The van der Waals surface area contributed by atoms with Crippen LogP contribution in [0.25, 0.3) is 0 Å². The van der Waals surface area contributed by atoms with E-state index in [1.807, 2.05) is 0 Å². The SMILES string of the molecule is CCCCN1CCCCC1CN=C(NCC)NCCCOCC1CCOCC1. The minimum Gasteiger partial charge on any atom is -0.381 e. The van der Waals surface area contributed by atoms with Gasteiger partial charge in [0.25, 0.3) is 0 Å². The number of unbranched alkanes of at least 4 members (excludes halogenated alkanes) is 1. The van der Waals surface area contributed by atoms with Crippen LogP contribution in [0.1, 0.15) is 65.2 Å². The van der Waals surface area contributed by atoms with Crippen molar-refractivity contribution in [1.29, 1.82) is 0 Å². The fraction of sp³-hybridized carbons (Fsp3) is 0.955. The maximum absolute atomic E-state index is 5.86. The van der Waals surface area contributed by atoms with Gasteiger partial charge in [-0.25, -0.2) is 0 Å². The van der Waals surface area contributed by atoms with Crippen molar-refractivity contribution in [2.24, 2.45) is 10.9 Å². The molecule has 2 N–H and O–H groups in total. The third kappa shape index (κ3) is 9.57. The third-order valence-corrected chi connectivity index (χ3v) is 5.80. The minimum absolute atomic E-state index is 0.610. The summed E-state index contributed by atoms with van der Waals surface area (Å²) in [6.07, 6.45) is 9.84. The van der Waals surface area contributed by atoms with E-state index in [0.29, 0.717) is 12.0 Å². The van der Waals surface area contributed by atoms with E-state index >= 15 is 0 Å². The summed E-state index contributed by atoms with van der Waals surface area (Å²) in [4.78, 5) is 7.54. The second-order valence-corrected chi connectivity index (χ2v) is 8.17. The van der Waals surface area contributed by atoms with E-state index in [1.54, 1.807) is 0 Å². The summed E-state index contributed by atoms with van der Waals surface area (Å²) in [5, 5.41) is 6.87. The molecular weight excluding hydrogens is 352 g/mol. The highest BCUT2D eigenvalue weighted by Gasteiger charge is 2.21. The van der Waals surface area contributed by atoms with Gasteiger partial charge in [-0.15, -0.1) is 0 Å². The summed E-state index contributed by atoms with van der Waals surface area (Å²) < 4.78 is 11.3. The fourth-order valence-corrected chi connectivity index (χ4v) is 4.00. The maximum atomic E-state index is 5.86. The highest BCUT2D eigenvalue weighted by molar-refractivity contribution is 5.79. The number of piperidine rings is 1. The van der Waals surface area contributed by atoms with Gasteiger partial charge >= 0.3 is 0 Å². The summed E-state index contributed by atoms with van der Waals surface area (Å²) in [7, 11) is 0. The molecule has 0 saturated carbocycles. The molecule has 2 saturated heterocycles. The Morgan fingerprint density at radius 2 is 1.96 bits per heavy atom. The Balaban J connectivity index is 1.63. The Labute approximate surface area is 172 Å². The minimum atomic E-state index is 0.610. The normalized spacial score (nSPS) is 22.4. The standard InChI is InChI=1S/C22H44N4O2/c1-3-5-13-26-14-7-6-9-21(26)18-25-22(23-4-2)24-12-8-15-28-19-20-10-16-27-17-11-20/h20-21H,3-19H2,1-2H3,(H2,23,24,25). The highest BCUT2D eigenvalue weighted by atomic mass is 16.5. The first-order chi connectivity index (χ1) is 13.8. The quantitative estimate of drug-likeness (QED) is 0.302. The number of nitrogens with zero attached hydrogens (tertiary/aromatic N) is 2. The van der Waals surface area contributed by atoms with Gasteiger partial charge in [-0.1, -0.05) is 19.8 Å². The summed E-state index contributed by atoms with van der Waals surface area (Å²) in [6, 6.07) is 0.610. The number of ether oxygens (including phenoxy) is 2. The summed E-state index contributed by atoms with van der Waals surface area (Å²) in [6.45, 7) is 13.1. The average Bonchev–Trinajstić information content (AvgIpc) is 2.74.